The molecule has 20 heavy (non-hydrogen) atoms. The Morgan fingerprint density at radius 1 is 0.550 bits per heavy atom. The van der Waals surface area contributed by atoms with E-state index < -0.39 is 0 Å². The largest absolute Gasteiger partial charge is 0.399 e. The number of ether oxygens (including phenoxy) is 2. The van der Waals surface area contributed by atoms with Crippen LogP contribution in [0.2, 0.25) is 0 Å². The average Bonchev–Trinajstić information content (AvgIpc) is 2.51. The van der Waals surface area contributed by atoms with Crippen LogP contribution in [-0.4, -0.2) is 26.4 Å². The van der Waals surface area contributed by atoms with E-state index in [9.17, 15) is 0 Å². The molecule has 0 amide bonds. The van der Waals surface area contributed by atoms with Crippen molar-refractivity contribution in [3.8, 4) is 11.1 Å². The Morgan fingerprint density at radius 2 is 0.850 bits per heavy atom. The second kappa shape index (κ2) is 7.53. The minimum absolute atomic E-state index is 0.778. The molecule has 4 N–H and O–H groups in total. The van der Waals surface area contributed by atoms with Crippen molar-refractivity contribution in [1.29, 1.82) is 0 Å². The van der Waals surface area contributed by atoms with Crippen LogP contribution in [0.25, 0.3) is 11.1 Å². The van der Waals surface area contributed by atoms with Gasteiger partial charge < -0.3 is 20.9 Å². The topological polar surface area (TPSA) is 70.5 Å². The zero-order valence-electron chi connectivity index (χ0n) is 11.4. The van der Waals surface area contributed by atoms with Crippen molar-refractivity contribution >= 4 is 11.4 Å². The zero-order valence-corrected chi connectivity index (χ0v) is 11.4. The van der Waals surface area contributed by atoms with Crippen LogP contribution in [0.5, 0.6) is 0 Å². The zero-order chi connectivity index (χ0) is 14.2. The lowest BCUT2D eigenvalue weighted by Gasteiger charge is -2.09. The van der Waals surface area contributed by atoms with Crippen LogP contribution in [0.15, 0.2) is 48.5 Å². The Bertz CT molecular complexity index is 450. The standard InChI is InChI=1S/C12H12N2.C4H8O2/c13-11-5-1-9(2-6-11)10-3-7-12(14)8-4-10;1-2-6-4-3-5-1/h1-8H,13-14H2;1-4H2. The van der Waals surface area contributed by atoms with E-state index in [-0.39, 0.29) is 0 Å². The first kappa shape index (κ1) is 14.4. The smallest absolute Gasteiger partial charge is 0.0701 e. The summed E-state index contributed by atoms with van der Waals surface area (Å²) in [6.07, 6.45) is 0. The van der Waals surface area contributed by atoms with Crippen molar-refractivity contribution < 1.29 is 9.47 Å². The summed E-state index contributed by atoms with van der Waals surface area (Å²) < 4.78 is 9.89. The maximum absolute atomic E-state index is 5.61. The highest BCUT2D eigenvalue weighted by Crippen LogP contribution is 2.21. The van der Waals surface area contributed by atoms with Crippen LogP contribution in [0.1, 0.15) is 0 Å². The average molecular weight is 272 g/mol. The van der Waals surface area contributed by atoms with Gasteiger partial charge in [-0.25, -0.2) is 0 Å². The molecule has 0 spiro atoms. The molecule has 1 aliphatic heterocycles. The number of rotatable bonds is 1. The molecule has 4 nitrogen and oxygen atoms in total. The molecule has 3 rings (SSSR count). The van der Waals surface area contributed by atoms with Crippen molar-refractivity contribution in [3.05, 3.63) is 48.5 Å². The first-order valence-electron chi connectivity index (χ1n) is 6.62. The fraction of sp³-hybridized carbons (Fsp3) is 0.250. The molecule has 0 atom stereocenters. The summed E-state index contributed by atoms with van der Waals surface area (Å²) in [6, 6.07) is 15.6. The SMILES string of the molecule is C1COCCO1.Nc1ccc(-c2ccc(N)cc2)cc1. The van der Waals surface area contributed by atoms with Gasteiger partial charge in [0.25, 0.3) is 0 Å². The van der Waals surface area contributed by atoms with E-state index in [4.69, 9.17) is 20.9 Å². The lowest BCUT2D eigenvalue weighted by atomic mass is 10.1. The molecule has 0 aromatic heterocycles. The summed E-state index contributed by atoms with van der Waals surface area (Å²) in [7, 11) is 0. The lowest BCUT2D eigenvalue weighted by molar-refractivity contribution is -0.0334. The molecule has 1 aliphatic rings. The summed E-state index contributed by atoms with van der Waals surface area (Å²) in [6.45, 7) is 3.11. The fourth-order valence-corrected chi connectivity index (χ4v) is 1.79. The molecular formula is C16H20N2O2. The molecule has 1 fully saturated rings. The highest BCUT2D eigenvalue weighted by Gasteiger charge is 1.96. The number of benzene rings is 2. The quantitative estimate of drug-likeness (QED) is 0.783. The monoisotopic (exact) mass is 272 g/mol. The second-order valence-electron chi connectivity index (χ2n) is 4.47. The van der Waals surface area contributed by atoms with E-state index in [2.05, 4.69) is 0 Å². The number of nitrogen functional groups attached to an aromatic ring is 2. The van der Waals surface area contributed by atoms with Gasteiger partial charge in [0, 0.05) is 11.4 Å². The van der Waals surface area contributed by atoms with Crippen molar-refractivity contribution in [2.45, 2.75) is 0 Å². The number of hydrogen-bond acceptors (Lipinski definition) is 4. The normalized spacial score (nSPS) is 14.2. The molecule has 0 saturated carbocycles. The van der Waals surface area contributed by atoms with Crippen molar-refractivity contribution in [2.75, 3.05) is 37.9 Å². The minimum Gasteiger partial charge on any atom is -0.399 e. The van der Waals surface area contributed by atoms with E-state index in [1.54, 1.807) is 0 Å². The summed E-state index contributed by atoms with van der Waals surface area (Å²) in [5.41, 5.74) is 15.1. The van der Waals surface area contributed by atoms with Crippen LogP contribution in [0, 0.1) is 0 Å². The van der Waals surface area contributed by atoms with Crippen LogP contribution in [0.4, 0.5) is 11.4 Å². The van der Waals surface area contributed by atoms with Gasteiger partial charge in [-0.15, -0.1) is 0 Å². The maximum atomic E-state index is 5.61. The Kier molecular flexibility index (Phi) is 5.41. The second-order valence-corrected chi connectivity index (χ2v) is 4.47. The number of hydrogen-bond donors (Lipinski definition) is 2. The van der Waals surface area contributed by atoms with Gasteiger partial charge in [-0.1, -0.05) is 24.3 Å². The molecule has 1 heterocycles. The van der Waals surface area contributed by atoms with E-state index >= 15 is 0 Å². The van der Waals surface area contributed by atoms with Crippen LogP contribution in [-0.2, 0) is 9.47 Å². The predicted molar refractivity (Wildman–Crippen MR) is 82.3 cm³/mol. The van der Waals surface area contributed by atoms with Crippen molar-refractivity contribution in [2.24, 2.45) is 0 Å². The van der Waals surface area contributed by atoms with Crippen LogP contribution in [0.3, 0.4) is 0 Å². The summed E-state index contributed by atoms with van der Waals surface area (Å²) in [5.74, 6) is 0. The van der Waals surface area contributed by atoms with Crippen molar-refractivity contribution in [1.82, 2.24) is 0 Å². The van der Waals surface area contributed by atoms with E-state index in [0.29, 0.717) is 0 Å². The number of anilines is 2. The molecule has 2 aromatic rings. The van der Waals surface area contributed by atoms with Crippen LogP contribution >= 0.6 is 0 Å². The highest BCUT2D eigenvalue weighted by molar-refractivity contribution is 5.67. The Morgan fingerprint density at radius 3 is 1.10 bits per heavy atom. The molecule has 106 valence electrons. The molecule has 1 saturated heterocycles. The van der Waals surface area contributed by atoms with Gasteiger partial charge >= 0.3 is 0 Å². The maximum Gasteiger partial charge on any atom is 0.0701 e. The summed E-state index contributed by atoms with van der Waals surface area (Å²) >= 11 is 0. The molecule has 2 aromatic carbocycles. The third-order valence-corrected chi connectivity index (χ3v) is 2.90. The number of nitrogens with two attached hydrogens (primary N) is 2. The van der Waals surface area contributed by atoms with E-state index in [1.165, 1.54) is 0 Å². The van der Waals surface area contributed by atoms with Gasteiger partial charge in [0.05, 0.1) is 26.4 Å². The van der Waals surface area contributed by atoms with Gasteiger partial charge in [0.2, 0.25) is 0 Å². The van der Waals surface area contributed by atoms with Crippen LogP contribution < -0.4 is 11.5 Å². The highest BCUT2D eigenvalue weighted by atomic mass is 16.6. The molecule has 0 unspecified atom stereocenters. The first-order chi connectivity index (χ1) is 9.75. The first-order valence-corrected chi connectivity index (χ1v) is 6.62. The van der Waals surface area contributed by atoms with Crippen molar-refractivity contribution in [3.63, 3.8) is 0 Å². The van der Waals surface area contributed by atoms with Gasteiger partial charge in [0.15, 0.2) is 0 Å². The van der Waals surface area contributed by atoms with Gasteiger partial charge in [-0.3, -0.25) is 0 Å². The lowest BCUT2D eigenvalue weighted by Crippen LogP contribution is -2.16. The third kappa shape index (κ3) is 4.57. The van der Waals surface area contributed by atoms with Gasteiger partial charge in [-0.2, -0.15) is 0 Å². The van der Waals surface area contributed by atoms with Gasteiger partial charge in [0.1, 0.15) is 0 Å². The van der Waals surface area contributed by atoms with E-state index in [1.807, 2.05) is 48.5 Å². The minimum atomic E-state index is 0.778. The van der Waals surface area contributed by atoms with E-state index in [0.717, 1.165) is 48.9 Å². The summed E-state index contributed by atoms with van der Waals surface area (Å²) in [4.78, 5) is 0. The van der Waals surface area contributed by atoms with Gasteiger partial charge in [-0.05, 0) is 35.4 Å². The molecule has 0 aliphatic carbocycles. The summed E-state index contributed by atoms with van der Waals surface area (Å²) in [5, 5.41) is 0. The predicted octanol–water partition coefficient (Wildman–Crippen LogP) is 2.55. The molecule has 0 bridgehead atoms. The Balaban J connectivity index is 0.000000205. The molecule has 4 heteroatoms. The molecular weight excluding hydrogens is 252 g/mol. The fourth-order valence-electron chi connectivity index (χ4n) is 1.79. The molecule has 0 radical (unpaired) electrons. The third-order valence-electron chi connectivity index (χ3n) is 2.90. The Hall–Kier alpha value is -2.04. The Labute approximate surface area is 119 Å².